The molecule has 1 spiro atoms. The summed E-state index contributed by atoms with van der Waals surface area (Å²) in [5.74, 6) is -0.173. The lowest BCUT2D eigenvalue weighted by molar-refractivity contribution is -0.135. The molecule has 1 aromatic carbocycles. The minimum atomic E-state index is -0.863. The summed E-state index contributed by atoms with van der Waals surface area (Å²) < 4.78 is 1.73. The first kappa shape index (κ1) is 23.0. The van der Waals surface area contributed by atoms with Gasteiger partial charge in [0.15, 0.2) is 0 Å². The number of nitrogens with one attached hydrogen (secondary N) is 2. The summed E-state index contributed by atoms with van der Waals surface area (Å²) in [6.45, 7) is 7.01. The fourth-order valence-corrected chi connectivity index (χ4v) is 4.97. The van der Waals surface area contributed by atoms with Gasteiger partial charge < -0.3 is 10.6 Å². The van der Waals surface area contributed by atoms with Crippen LogP contribution in [0.25, 0.3) is 0 Å². The smallest absolute Gasteiger partial charge is 0.323 e. The van der Waals surface area contributed by atoms with Crippen molar-refractivity contribution in [2.45, 2.75) is 65.0 Å². The van der Waals surface area contributed by atoms with Crippen LogP contribution >= 0.6 is 0 Å². The summed E-state index contributed by atoms with van der Waals surface area (Å²) in [6, 6.07) is 9.40. The fraction of sp³-hybridized carbons (Fsp3) is 0.520. The van der Waals surface area contributed by atoms with Gasteiger partial charge in [0.1, 0.15) is 12.1 Å². The average Bonchev–Trinajstić information content (AvgIpc) is 3.32. The van der Waals surface area contributed by atoms with Crippen molar-refractivity contribution < 1.29 is 14.4 Å². The zero-order valence-corrected chi connectivity index (χ0v) is 19.6. The highest BCUT2D eigenvalue weighted by molar-refractivity contribution is 6.10. The Morgan fingerprint density at radius 3 is 2.58 bits per heavy atom. The van der Waals surface area contributed by atoms with Gasteiger partial charge in [-0.1, -0.05) is 57.5 Å². The van der Waals surface area contributed by atoms with Crippen molar-refractivity contribution in [1.29, 1.82) is 0 Å². The maximum Gasteiger partial charge on any atom is 0.325 e. The normalized spacial score (nSPS) is 23.1. The Kier molecular flexibility index (Phi) is 6.28. The second-order valence-electron chi connectivity index (χ2n) is 9.98. The molecule has 4 amide bonds. The van der Waals surface area contributed by atoms with Gasteiger partial charge in [-0.3, -0.25) is 19.2 Å². The molecule has 1 aliphatic heterocycles. The highest BCUT2D eigenvalue weighted by Crippen LogP contribution is 2.45. The summed E-state index contributed by atoms with van der Waals surface area (Å²) in [7, 11) is 0. The molecule has 2 heterocycles. The molecule has 176 valence electrons. The first-order valence-corrected chi connectivity index (χ1v) is 11.7. The molecule has 1 aliphatic carbocycles. The lowest BCUT2D eigenvalue weighted by Crippen LogP contribution is -2.51. The lowest BCUT2D eigenvalue weighted by atomic mass is 9.65. The third kappa shape index (κ3) is 4.79. The Bertz CT molecular complexity index is 1020. The summed E-state index contributed by atoms with van der Waals surface area (Å²) >= 11 is 0. The van der Waals surface area contributed by atoms with E-state index >= 15 is 0 Å². The minimum Gasteiger partial charge on any atom is -0.323 e. The molecule has 1 saturated heterocycles. The second-order valence-corrected chi connectivity index (χ2v) is 9.98. The molecule has 2 N–H and O–H groups in total. The summed E-state index contributed by atoms with van der Waals surface area (Å²) in [4.78, 5) is 39.4. The van der Waals surface area contributed by atoms with Crippen molar-refractivity contribution in [1.82, 2.24) is 20.0 Å². The number of benzene rings is 1. The van der Waals surface area contributed by atoms with Gasteiger partial charge in [-0.05, 0) is 42.6 Å². The van der Waals surface area contributed by atoms with Gasteiger partial charge >= 0.3 is 6.03 Å². The maximum atomic E-state index is 13.2. The molecular weight excluding hydrogens is 418 g/mol. The predicted octanol–water partition coefficient (Wildman–Crippen LogP) is 3.79. The molecule has 8 nitrogen and oxygen atoms in total. The van der Waals surface area contributed by atoms with Crippen LogP contribution < -0.4 is 10.6 Å². The van der Waals surface area contributed by atoms with Gasteiger partial charge in [-0.2, -0.15) is 5.10 Å². The molecule has 1 saturated carbocycles. The van der Waals surface area contributed by atoms with E-state index in [9.17, 15) is 14.4 Å². The van der Waals surface area contributed by atoms with Gasteiger partial charge in [0, 0.05) is 6.20 Å². The lowest BCUT2D eigenvalue weighted by Gasteiger charge is -2.42. The Balaban J connectivity index is 1.33. The van der Waals surface area contributed by atoms with Crippen LogP contribution in [0.2, 0.25) is 0 Å². The Hall–Kier alpha value is -3.16. The molecule has 8 heteroatoms. The number of amides is 4. The molecule has 0 bridgehead atoms. The number of imide groups is 1. The molecule has 4 rings (SSSR count). The van der Waals surface area contributed by atoms with E-state index in [0.717, 1.165) is 29.7 Å². The number of urea groups is 1. The first-order chi connectivity index (χ1) is 15.7. The summed E-state index contributed by atoms with van der Waals surface area (Å²) in [6.07, 6.45) is 7.41. The fourth-order valence-electron chi connectivity index (χ4n) is 4.97. The van der Waals surface area contributed by atoms with Crippen molar-refractivity contribution in [2.75, 3.05) is 11.9 Å². The van der Waals surface area contributed by atoms with E-state index in [1.165, 1.54) is 0 Å². The second kappa shape index (κ2) is 9.00. The molecule has 2 aliphatic rings. The molecule has 33 heavy (non-hydrogen) atoms. The molecular formula is C25H33N5O3. The van der Waals surface area contributed by atoms with Crippen LogP contribution in [0.3, 0.4) is 0 Å². The van der Waals surface area contributed by atoms with Crippen molar-refractivity contribution in [3.63, 3.8) is 0 Å². The molecule has 2 fully saturated rings. The van der Waals surface area contributed by atoms with Crippen LogP contribution in [0.5, 0.6) is 0 Å². The SMILES string of the molecule is CCC(C)(C)C1CCC2(CC1)NC(=O)N(CC(=O)Nc1cnn(Cc3ccccc3)c1)C2=O. The third-order valence-electron chi connectivity index (χ3n) is 7.51. The Labute approximate surface area is 194 Å². The van der Waals surface area contributed by atoms with Crippen LogP contribution in [0.4, 0.5) is 10.5 Å². The Morgan fingerprint density at radius 1 is 1.21 bits per heavy atom. The standard InChI is InChI=1S/C25H33N5O3/c1-4-24(2,3)19-10-12-25(13-11-19)22(32)30(23(33)28-25)17-21(31)27-20-14-26-29(16-20)15-18-8-6-5-7-9-18/h5-9,14,16,19H,4,10-13,15,17H2,1-3H3,(H,27,31)(H,28,33). The van der Waals surface area contributed by atoms with E-state index in [2.05, 4.69) is 36.5 Å². The quantitative estimate of drug-likeness (QED) is 0.626. The Morgan fingerprint density at radius 2 is 1.91 bits per heavy atom. The zero-order chi connectivity index (χ0) is 23.6. The van der Waals surface area contributed by atoms with E-state index in [1.54, 1.807) is 17.1 Å². The minimum absolute atomic E-state index is 0.220. The van der Waals surface area contributed by atoms with Crippen LogP contribution in [0.15, 0.2) is 42.7 Å². The van der Waals surface area contributed by atoms with E-state index < -0.39 is 17.5 Å². The number of hydrogen-bond donors (Lipinski definition) is 2. The third-order valence-corrected chi connectivity index (χ3v) is 7.51. The van der Waals surface area contributed by atoms with Gasteiger partial charge in [0.05, 0.1) is 18.4 Å². The van der Waals surface area contributed by atoms with Gasteiger partial charge in [-0.15, -0.1) is 0 Å². The number of aromatic nitrogens is 2. The van der Waals surface area contributed by atoms with Crippen LogP contribution in [-0.4, -0.2) is 44.6 Å². The molecule has 0 radical (unpaired) electrons. The monoisotopic (exact) mass is 451 g/mol. The van der Waals surface area contributed by atoms with E-state index in [-0.39, 0.29) is 17.9 Å². The number of rotatable bonds is 7. The molecule has 0 atom stereocenters. The largest absolute Gasteiger partial charge is 0.325 e. The molecule has 0 unspecified atom stereocenters. The number of anilines is 1. The van der Waals surface area contributed by atoms with Gasteiger partial charge in [0.2, 0.25) is 5.91 Å². The van der Waals surface area contributed by atoms with E-state index in [1.807, 2.05) is 30.3 Å². The van der Waals surface area contributed by atoms with Crippen LogP contribution in [0.1, 0.15) is 58.4 Å². The number of nitrogens with zero attached hydrogens (tertiary/aromatic N) is 3. The first-order valence-electron chi connectivity index (χ1n) is 11.7. The number of hydrogen-bond acceptors (Lipinski definition) is 4. The number of carbonyl (C=O) groups excluding carboxylic acids is 3. The van der Waals surface area contributed by atoms with Crippen LogP contribution in [0, 0.1) is 11.3 Å². The summed E-state index contributed by atoms with van der Waals surface area (Å²) in [5.41, 5.74) is 0.982. The zero-order valence-electron chi connectivity index (χ0n) is 19.6. The average molecular weight is 452 g/mol. The number of carbonyl (C=O) groups is 3. The topological polar surface area (TPSA) is 96.3 Å². The van der Waals surface area contributed by atoms with E-state index in [4.69, 9.17) is 0 Å². The van der Waals surface area contributed by atoms with Gasteiger partial charge in [0.25, 0.3) is 5.91 Å². The van der Waals surface area contributed by atoms with Gasteiger partial charge in [-0.25, -0.2) is 4.79 Å². The highest BCUT2D eigenvalue weighted by Gasteiger charge is 2.53. The van der Waals surface area contributed by atoms with E-state index in [0.29, 0.717) is 31.0 Å². The van der Waals surface area contributed by atoms with Crippen molar-refractivity contribution >= 4 is 23.5 Å². The van der Waals surface area contributed by atoms with Crippen molar-refractivity contribution in [2.24, 2.45) is 11.3 Å². The summed E-state index contributed by atoms with van der Waals surface area (Å²) in [5, 5.41) is 9.92. The molecule has 1 aromatic heterocycles. The maximum absolute atomic E-state index is 13.2. The predicted molar refractivity (Wildman–Crippen MR) is 125 cm³/mol. The van der Waals surface area contributed by atoms with Crippen molar-refractivity contribution in [3.8, 4) is 0 Å². The molecule has 2 aromatic rings. The van der Waals surface area contributed by atoms with Crippen LogP contribution in [-0.2, 0) is 16.1 Å². The van der Waals surface area contributed by atoms with Crippen molar-refractivity contribution in [3.05, 3.63) is 48.3 Å². The highest BCUT2D eigenvalue weighted by atomic mass is 16.2.